The van der Waals surface area contributed by atoms with E-state index in [1.54, 1.807) is 0 Å². The van der Waals surface area contributed by atoms with Crippen LogP contribution in [0.3, 0.4) is 0 Å². The van der Waals surface area contributed by atoms with Crippen LogP contribution in [0.2, 0.25) is 0 Å². The minimum atomic E-state index is -0.311. The average Bonchev–Trinajstić information content (AvgIpc) is 2.49. The van der Waals surface area contributed by atoms with Gasteiger partial charge < -0.3 is 5.32 Å². The van der Waals surface area contributed by atoms with Gasteiger partial charge in [-0.3, -0.25) is 9.63 Å². The zero-order chi connectivity index (χ0) is 13.6. The molecule has 1 amide bonds. The third-order valence-electron chi connectivity index (χ3n) is 3.88. The lowest BCUT2D eigenvalue weighted by molar-refractivity contribution is -0.146. The summed E-state index contributed by atoms with van der Waals surface area (Å²) in [6.45, 7) is 4.20. The minimum Gasteiger partial charge on any atom is -0.316 e. The maximum atomic E-state index is 12.3. The molecule has 2 rings (SSSR count). The Morgan fingerprint density at radius 3 is 2.84 bits per heavy atom. The van der Waals surface area contributed by atoms with Gasteiger partial charge >= 0.3 is 0 Å². The smallest absolute Gasteiger partial charge is 0.251 e. The van der Waals surface area contributed by atoms with Crippen LogP contribution in [0.1, 0.15) is 31.7 Å². The van der Waals surface area contributed by atoms with E-state index in [0.29, 0.717) is 6.61 Å². The lowest BCUT2D eigenvalue weighted by Gasteiger charge is -2.35. The van der Waals surface area contributed by atoms with E-state index in [4.69, 9.17) is 4.84 Å². The maximum Gasteiger partial charge on any atom is 0.251 e. The van der Waals surface area contributed by atoms with Crippen molar-refractivity contribution in [3.63, 3.8) is 0 Å². The molecule has 0 saturated carbocycles. The van der Waals surface area contributed by atoms with Crippen molar-refractivity contribution in [2.75, 3.05) is 13.1 Å². The van der Waals surface area contributed by atoms with E-state index in [1.165, 1.54) is 0 Å². The van der Waals surface area contributed by atoms with Crippen molar-refractivity contribution in [3.05, 3.63) is 35.9 Å². The molecule has 1 heterocycles. The molecule has 2 N–H and O–H groups in total. The van der Waals surface area contributed by atoms with Crippen molar-refractivity contribution in [1.29, 1.82) is 0 Å². The Morgan fingerprint density at radius 2 is 2.21 bits per heavy atom. The first kappa shape index (κ1) is 14.0. The first-order chi connectivity index (χ1) is 9.27. The Kier molecular flexibility index (Phi) is 4.93. The van der Waals surface area contributed by atoms with Crippen molar-refractivity contribution in [2.45, 2.75) is 32.8 Å². The number of carbonyl (C=O) groups is 1. The lowest BCUT2D eigenvalue weighted by Crippen LogP contribution is -2.50. The van der Waals surface area contributed by atoms with Gasteiger partial charge in [0, 0.05) is 6.54 Å². The standard InChI is InChI=1S/C15H22N2O2/c1-2-15(9-6-10-16-12-15)14(18)17-19-11-13-7-4-3-5-8-13/h3-5,7-8,16H,2,6,9-12H2,1H3,(H,17,18). The molecule has 1 fully saturated rings. The van der Waals surface area contributed by atoms with E-state index in [2.05, 4.69) is 17.7 Å². The van der Waals surface area contributed by atoms with Crippen molar-refractivity contribution in [2.24, 2.45) is 5.41 Å². The van der Waals surface area contributed by atoms with E-state index in [-0.39, 0.29) is 11.3 Å². The molecule has 19 heavy (non-hydrogen) atoms. The highest BCUT2D eigenvalue weighted by molar-refractivity contribution is 5.82. The van der Waals surface area contributed by atoms with Gasteiger partial charge in [-0.2, -0.15) is 0 Å². The molecule has 4 heteroatoms. The number of benzene rings is 1. The molecule has 0 spiro atoms. The van der Waals surface area contributed by atoms with Gasteiger partial charge in [0.25, 0.3) is 5.91 Å². The van der Waals surface area contributed by atoms with E-state index in [0.717, 1.165) is 37.9 Å². The van der Waals surface area contributed by atoms with Crippen LogP contribution in [0.4, 0.5) is 0 Å². The third kappa shape index (κ3) is 3.55. The second-order valence-electron chi connectivity index (χ2n) is 5.12. The van der Waals surface area contributed by atoms with Gasteiger partial charge in [-0.25, -0.2) is 5.48 Å². The van der Waals surface area contributed by atoms with Crippen LogP contribution in [0.15, 0.2) is 30.3 Å². The Hall–Kier alpha value is -1.39. The van der Waals surface area contributed by atoms with Crippen LogP contribution < -0.4 is 10.8 Å². The minimum absolute atomic E-state index is 0.00173. The Morgan fingerprint density at radius 1 is 1.42 bits per heavy atom. The molecule has 1 saturated heterocycles. The SMILES string of the molecule is CCC1(C(=O)NOCc2ccccc2)CCCNC1. The van der Waals surface area contributed by atoms with Crippen molar-refractivity contribution < 1.29 is 9.63 Å². The van der Waals surface area contributed by atoms with Gasteiger partial charge in [-0.1, -0.05) is 37.3 Å². The van der Waals surface area contributed by atoms with Crippen LogP contribution in [0, 0.1) is 5.41 Å². The van der Waals surface area contributed by atoms with Crippen LogP contribution in [0.5, 0.6) is 0 Å². The highest BCUT2D eigenvalue weighted by atomic mass is 16.6. The van der Waals surface area contributed by atoms with Crippen LogP contribution in [-0.4, -0.2) is 19.0 Å². The van der Waals surface area contributed by atoms with E-state index in [9.17, 15) is 4.79 Å². The molecule has 4 nitrogen and oxygen atoms in total. The van der Waals surface area contributed by atoms with Gasteiger partial charge in [0.2, 0.25) is 0 Å². The van der Waals surface area contributed by atoms with Crippen molar-refractivity contribution in [3.8, 4) is 0 Å². The summed E-state index contributed by atoms with van der Waals surface area (Å²) in [6.07, 6.45) is 2.80. The Labute approximate surface area is 114 Å². The molecule has 1 atom stereocenters. The summed E-state index contributed by atoms with van der Waals surface area (Å²) in [4.78, 5) is 17.6. The number of hydrogen-bond donors (Lipinski definition) is 2. The topological polar surface area (TPSA) is 50.4 Å². The van der Waals surface area contributed by atoms with E-state index < -0.39 is 0 Å². The molecule has 1 aromatic carbocycles. The summed E-state index contributed by atoms with van der Waals surface area (Å²) < 4.78 is 0. The summed E-state index contributed by atoms with van der Waals surface area (Å²) >= 11 is 0. The Balaban J connectivity index is 1.83. The number of nitrogens with one attached hydrogen (secondary N) is 2. The predicted molar refractivity (Wildman–Crippen MR) is 74.2 cm³/mol. The van der Waals surface area contributed by atoms with Gasteiger partial charge in [-0.05, 0) is 31.4 Å². The summed E-state index contributed by atoms with van der Waals surface area (Å²) in [5.41, 5.74) is 3.35. The number of rotatable bonds is 5. The molecule has 104 valence electrons. The largest absolute Gasteiger partial charge is 0.316 e. The number of hydrogen-bond acceptors (Lipinski definition) is 3. The summed E-state index contributed by atoms with van der Waals surface area (Å²) in [5, 5.41) is 3.30. The second kappa shape index (κ2) is 6.68. The number of carbonyl (C=O) groups excluding carboxylic acids is 1. The molecular weight excluding hydrogens is 240 g/mol. The van der Waals surface area contributed by atoms with E-state index in [1.807, 2.05) is 30.3 Å². The fourth-order valence-corrected chi connectivity index (χ4v) is 2.49. The fourth-order valence-electron chi connectivity index (χ4n) is 2.49. The molecule has 0 aromatic heterocycles. The molecule has 1 aliphatic heterocycles. The lowest BCUT2D eigenvalue weighted by atomic mass is 9.78. The molecular formula is C15H22N2O2. The highest BCUT2D eigenvalue weighted by Gasteiger charge is 2.37. The zero-order valence-electron chi connectivity index (χ0n) is 11.4. The molecule has 0 aliphatic carbocycles. The fraction of sp³-hybridized carbons (Fsp3) is 0.533. The molecule has 0 radical (unpaired) electrons. The molecule has 0 bridgehead atoms. The first-order valence-corrected chi connectivity index (χ1v) is 6.94. The van der Waals surface area contributed by atoms with Crippen molar-refractivity contribution >= 4 is 5.91 Å². The van der Waals surface area contributed by atoms with Crippen LogP contribution in [0.25, 0.3) is 0 Å². The van der Waals surface area contributed by atoms with Crippen LogP contribution >= 0.6 is 0 Å². The third-order valence-corrected chi connectivity index (χ3v) is 3.88. The van der Waals surface area contributed by atoms with Gasteiger partial charge in [0.1, 0.15) is 0 Å². The predicted octanol–water partition coefficient (Wildman–Crippen LogP) is 2.01. The Bertz CT molecular complexity index is 400. The molecule has 1 unspecified atom stereocenters. The maximum absolute atomic E-state index is 12.3. The molecule has 1 aliphatic rings. The summed E-state index contributed by atoms with van der Waals surface area (Å²) in [5.74, 6) is -0.00173. The second-order valence-corrected chi connectivity index (χ2v) is 5.12. The highest BCUT2D eigenvalue weighted by Crippen LogP contribution is 2.30. The summed E-state index contributed by atoms with van der Waals surface area (Å²) in [7, 11) is 0. The zero-order valence-corrected chi connectivity index (χ0v) is 11.4. The molecule has 1 aromatic rings. The van der Waals surface area contributed by atoms with Gasteiger partial charge in [0.15, 0.2) is 0 Å². The van der Waals surface area contributed by atoms with Gasteiger partial charge in [-0.15, -0.1) is 0 Å². The van der Waals surface area contributed by atoms with Crippen LogP contribution in [-0.2, 0) is 16.2 Å². The number of piperidine rings is 1. The first-order valence-electron chi connectivity index (χ1n) is 6.94. The summed E-state index contributed by atoms with van der Waals surface area (Å²) in [6, 6.07) is 9.83. The van der Waals surface area contributed by atoms with Gasteiger partial charge in [0.05, 0.1) is 12.0 Å². The van der Waals surface area contributed by atoms with Crippen molar-refractivity contribution in [1.82, 2.24) is 10.8 Å². The quantitative estimate of drug-likeness (QED) is 0.798. The van der Waals surface area contributed by atoms with E-state index >= 15 is 0 Å². The normalized spacial score (nSPS) is 23.0. The average molecular weight is 262 g/mol. The number of amides is 1. The monoisotopic (exact) mass is 262 g/mol. The number of hydroxylamine groups is 1.